The molecule has 0 bridgehead atoms. The highest BCUT2D eigenvalue weighted by molar-refractivity contribution is 7.15. The third-order valence-electron chi connectivity index (χ3n) is 6.32. The average Bonchev–Trinajstić information content (AvgIpc) is 3.43. The van der Waals surface area contributed by atoms with Crippen molar-refractivity contribution in [3.63, 3.8) is 0 Å². The maximum atomic E-state index is 11.2. The summed E-state index contributed by atoms with van der Waals surface area (Å²) in [5, 5.41) is 2.08. The second kappa shape index (κ2) is 12.3. The van der Waals surface area contributed by atoms with E-state index in [1.165, 1.54) is 5.56 Å². The number of carbonyl (C=O) groups excluding carboxylic acids is 1. The molecule has 0 radical (unpaired) electrons. The van der Waals surface area contributed by atoms with Crippen molar-refractivity contribution in [1.82, 2.24) is 9.55 Å². The Morgan fingerprint density at radius 3 is 2.62 bits per heavy atom. The van der Waals surface area contributed by atoms with Gasteiger partial charge >= 0.3 is 0 Å². The van der Waals surface area contributed by atoms with Crippen molar-refractivity contribution >= 4 is 28.5 Å². The van der Waals surface area contributed by atoms with Crippen LogP contribution >= 0.6 is 11.3 Å². The Morgan fingerprint density at radius 1 is 1.05 bits per heavy atom. The highest BCUT2D eigenvalue weighted by Gasteiger charge is 2.14. The van der Waals surface area contributed by atoms with Gasteiger partial charge in [-0.05, 0) is 81.6 Å². The van der Waals surface area contributed by atoms with Gasteiger partial charge in [0.15, 0.2) is 0 Å². The van der Waals surface area contributed by atoms with Gasteiger partial charge < -0.3 is 23.6 Å². The SMILES string of the molecule is CCCc1cc(-c2nc(OCC)c(C)s2)ccc1OCCCOc1ccc2c(c1)c(C)cn2[C@@H](C)C=O. The Kier molecular flexibility index (Phi) is 8.87. The number of aromatic nitrogens is 2. The van der Waals surface area contributed by atoms with Gasteiger partial charge in [-0.15, -0.1) is 11.3 Å². The van der Waals surface area contributed by atoms with Crippen LogP contribution in [0, 0.1) is 13.8 Å². The first-order valence-electron chi connectivity index (χ1n) is 13.0. The molecule has 37 heavy (non-hydrogen) atoms. The van der Waals surface area contributed by atoms with Gasteiger partial charge in [0.2, 0.25) is 5.88 Å². The number of thiazole rings is 1. The molecule has 0 aliphatic heterocycles. The summed E-state index contributed by atoms with van der Waals surface area (Å²) < 4.78 is 19.8. The van der Waals surface area contributed by atoms with E-state index in [0.29, 0.717) is 19.8 Å². The zero-order chi connectivity index (χ0) is 26.4. The van der Waals surface area contributed by atoms with E-state index in [4.69, 9.17) is 14.2 Å². The van der Waals surface area contributed by atoms with Gasteiger partial charge in [-0.1, -0.05) is 13.3 Å². The fraction of sp³-hybridized carbons (Fsp3) is 0.400. The van der Waals surface area contributed by atoms with Gasteiger partial charge in [0.25, 0.3) is 0 Å². The smallest absolute Gasteiger partial charge is 0.227 e. The van der Waals surface area contributed by atoms with E-state index in [1.54, 1.807) is 11.3 Å². The molecule has 1 atom stereocenters. The molecule has 0 fully saturated rings. The minimum Gasteiger partial charge on any atom is -0.493 e. The number of fused-ring (bicyclic) bond motifs is 1. The molecule has 4 rings (SSSR count). The van der Waals surface area contributed by atoms with Crippen LogP contribution in [0.25, 0.3) is 21.5 Å². The highest BCUT2D eigenvalue weighted by atomic mass is 32.1. The van der Waals surface area contributed by atoms with Crippen LogP contribution < -0.4 is 14.2 Å². The summed E-state index contributed by atoms with van der Waals surface area (Å²) in [6.07, 6.45) is 5.75. The minimum atomic E-state index is -0.190. The van der Waals surface area contributed by atoms with Crippen molar-refractivity contribution in [2.75, 3.05) is 19.8 Å². The van der Waals surface area contributed by atoms with Crippen LogP contribution in [0.3, 0.4) is 0 Å². The molecule has 0 saturated heterocycles. The molecule has 7 heteroatoms. The first kappa shape index (κ1) is 26.7. The lowest BCUT2D eigenvalue weighted by atomic mass is 10.1. The number of hydrogen-bond acceptors (Lipinski definition) is 6. The van der Waals surface area contributed by atoms with Gasteiger partial charge in [-0.2, -0.15) is 0 Å². The Balaban J connectivity index is 1.35. The standard InChI is InChI=1S/C30H36N2O4S/c1-6-9-23-16-24(30-31-29(34-7-2)22(5)37-30)10-13-28(23)36-15-8-14-35-25-11-12-27-26(17-25)20(3)18-32(27)21(4)19-33/h10-13,16-19,21H,6-9,14-15H2,1-5H3/t21-/m0/s1. The van der Waals surface area contributed by atoms with Crippen LogP contribution in [-0.4, -0.2) is 35.7 Å². The number of rotatable bonds is 13. The van der Waals surface area contributed by atoms with E-state index in [1.807, 2.05) is 43.7 Å². The summed E-state index contributed by atoms with van der Waals surface area (Å²) in [5.74, 6) is 2.47. The van der Waals surface area contributed by atoms with E-state index in [9.17, 15) is 4.79 Å². The number of aldehydes is 1. The first-order chi connectivity index (χ1) is 17.9. The van der Waals surface area contributed by atoms with Crippen LogP contribution in [0.15, 0.2) is 42.6 Å². The Bertz CT molecular complexity index is 1360. The molecule has 0 saturated carbocycles. The zero-order valence-electron chi connectivity index (χ0n) is 22.4. The quantitative estimate of drug-likeness (QED) is 0.136. The third-order valence-corrected chi connectivity index (χ3v) is 7.32. The fourth-order valence-corrected chi connectivity index (χ4v) is 5.28. The van der Waals surface area contributed by atoms with Crippen LogP contribution in [0.1, 0.15) is 55.7 Å². The van der Waals surface area contributed by atoms with Crippen molar-refractivity contribution in [1.29, 1.82) is 0 Å². The van der Waals surface area contributed by atoms with Gasteiger partial charge in [0.1, 0.15) is 22.8 Å². The fourth-order valence-electron chi connectivity index (χ4n) is 4.42. The monoisotopic (exact) mass is 520 g/mol. The molecule has 0 amide bonds. The number of benzene rings is 2. The topological polar surface area (TPSA) is 62.6 Å². The average molecular weight is 521 g/mol. The number of carbonyl (C=O) groups is 1. The van der Waals surface area contributed by atoms with Crippen molar-refractivity contribution in [2.45, 2.75) is 59.9 Å². The normalized spacial score (nSPS) is 12.0. The summed E-state index contributed by atoms with van der Waals surface area (Å²) in [5.41, 5.74) is 4.47. The summed E-state index contributed by atoms with van der Waals surface area (Å²) in [7, 11) is 0. The molecular weight excluding hydrogens is 484 g/mol. The molecule has 0 unspecified atom stereocenters. The number of nitrogens with zero attached hydrogens (tertiary/aromatic N) is 2. The minimum absolute atomic E-state index is 0.190. The van der Waals surface area contributed by atoms with Crippen LogP contribution in [0.5, 0.6) is 17.4 Å². The summed E-state index contributed by atoms with van der Waals surface area (Å²) >= 11 is 1.66. The van der Waals surface area contributed by atoms with E-state index in [-0.39, 0.29) is 6.04 Å². The Hall–Kier alpha value is -3.32. The second-order valence-corrected chi connectivity index (χ2v) is 10.4. The van der Waals surface area contributed by atoms with E-state index >= 15 is 0 Å². The van der Waals surface area contributed by atoms with Crippen molar-refractivity contribution < 1.29 is 19.0 Å². The van der Waals surface area contributed by atoms with Crippen molar-refractivity contribution in [3.05, 3.63) is 58.6 Å². The summed E-state index contributed by atoms with van der Waals surface area (Å²) in [6, 6.07) is 12.2. The van der Waals surface area contributed by atoms with Crippen LogP contribution in [0.4, 0.5) is 0 Å². The Labute approximate surface area is 223 Å². The van der Waals surface area contributed by atoms with Gasteiger partial charge in [0, 0.05) is 29.1 Å². The molecule has 0 spiro atoms. The molecule has 0 aliphatic rings. The first-order valence-corrected chi connectivity index (χ1v) is 13.8. The van der Waals surface area contributed by atoms with E-state index in [2.05, 4.69) is 43.1 Å². The van der Waals surface area contributed by atoms with E-state index < -0.39 is 0 Å². The highest BCUT2D eigenvalue weighted by Crippen LogP contribution is 2.34. The van der Waals surface area contributed by atoms with Crippen LogP contribution in [0.2, 0.25) is 0 Å². The molecule has 4 aromatic rings. The molecule has 2 aromatic carbocycles. The lowest BCUT2D eigenvalue weighted by molar-refractivity contribution is -0.110. The molecule has 2 heterocycles. The van der Waals surface area contributed by atoms with Gasteiger partial charge in [-0.3, -0.25) is 0 Å². The lowest BCUT2D eigenvalue weighted by Gasteiger charge is -2.13. The summed E-state index contributed by atoms with van der Waals surface area (Å²) in [4.78, 5) is 17.0. The molecule has 196 valence electrons. The Morgan fingerprint density at radius 2 is 1.86 bits per heavy atom. The maximum absolute atomic E-state index is 11.2. The zero-order valence-corrected chi connectivity index (χ0v) is 23.2. The van der Waals surface area contributed by atoms with E-state index in [0.717, 1.165) is 74.8 Å². The van der Waals surface area contributed by atoms with Gasteiger partial charge in [0.05, 0.1) is 30.7 Å². The van der Waals surface area contributed by atoms with Crippen molar-refractivity contribution in [3.8, 4) is 28.0 Å². The number of ether oxygens (including phenoxy) is 3. The second-order valence-electron chi connectivity index (χ2n) is 9.21. The predicted octanol–water partition coefficient (Wildman–Crippen LogP) is 7.34. The molecule has 0 N–H and O–H groups in total. The molecule has 6 nitrogen and oxygen atoms in total. The summed E-state index contributed by atoms with van der Waals surface area (Å²) in [6.45, 7) is 11.9. The molecular formula is C30H36N2O4S. The molecule has 2 aromatic heterocycles. The lowest BCUT2D eigenvalue weighted by Crippen LogP contribution is -2.06. The largest absolute Gasteiger partial charge is 0.493 e. The maximum Gasteiger partial charge on any atom is 0.227 e. The molecule has 0 aliphatic carbocycles. The number of hydrogen-bond donors (Lipinski definition) is 0. The van der Waals surface area contributed by atoms with Gasteiger partial charge in [-0.25, -0.2) is 4.98 Å². The number of aryl methyl sites for hydroxylation is 3. The van der Waals surface area contributed by atoms with Crippen LogP contribution in [-0.2, 0) is 11.2 Å². The third kappa shape index (κ3) is 6.16. The van der Waals surface area contributed by atoms with Crippen molar-refractivity contribution in [2.24, 2.45) is 0 Å². The predicted molar refractivity (Wildman–Crippen MR) is 151 cm³/mol.